The predicted octanol–water partition coefficient (Wildman–Crippen LogP) is 5.78. The molecule has 0 amide bonds. The van der Waals surface area contributed by atoms with E-state index in [4.69, 9.17) is 9.47 Å². The average molecular weight is 470 g/mol. The van der Waals surface area contributed by atoms with Crippen LogP contribution in [-0.2, 0) is 4.74 Å². The number of aromatic amines is 2. The number of nitrogens with zero attached hydrogens (tertiary/aromatic N) is 1. The van der Waals surface area contributed by atoms with E-state index in [1.54, 1.807) is 12.1 Å². The summed E-state index contributed by atoms with van der Waals surface area (Å²) in [6.45, 7) is 2.56. The van der Waals surface area contributed by atoms with Crippen LogP contribution in [-0.4, -0.2) is 62.5 Å². The fourth-order valence-electron chi connectivity index (χ4n) is 4.97. The van der Waals surface area contributed by atoms with E-state index in [1.807, 2.05) is 20.2 Å². The van der Waals surface area contributed by atoms with Gasteiger partial charge < -0.3 is 24.3 Å². The third-order valence-corrected chi connectivity index (χ3v) is 6.32. The van der Waals surface area contributed by atoms with Gasteiger partial charge in [0.2, 0.25) is 0 Å². The van der Waals surface area contributed by atoms with Crippen LogP contribution in [0.5, 0.6) is 5.75 Å². The zero-order chi connectivity index (χ0) is 24.0. The number of fused-ring (bicyclic) bond motifs is 6. The van der Waals surface area contributed by atoms with Gasteiger partial charge in [-0.3, -0.25) is 4.39 Å². The molecule has 2 aromatic heterocycles. The van der Waals surface area contributed by atoms with Crippen molar-refractivity contribution in [1.82, 2.24) is 14.9 Å². The first-order valence-corrected chi connectivity index (χ1v) is 11.0. The van der Waals surface area contributed by atoms with E-state index in [2.05, 4.69) is 14.9 Å². The third-order valence-electron chi connectivity index (χ3n) is 6.32. The summed E-state index contributed by atoms with van der Waals surface area (Å²) < 4.78 is 49.7. The van der Waals surface area contributed by atoms with Crippen molar-refractivity contribution in [3.05, 3.63) is 54.1 Å². The Labute approximate surface area is 194 Å². The molecule has 0 bridgehead atoms. The molecule has 8 heteroatoms. The number of hydrogen-bond donors (Lipinski definition) is 2. The molecule has 0 unspecified atom stereocenters. The lowest BCUT2D eigenvalue weighted by molar-refractivity contribution is -0.139. The highest BCUT2D eigenvalue weighted by atomic mass is 19.1. The minimum absolute atomic E-state index is 0.104. The van der Waals surface area contributed by atoms with E-state index < -0.39 is 0 Å². The van der Waals surface area contributed by atoms with E-state index >= 15 is 0 Å². The smallest absolute Gasteiger partial charge is 0.153 e. The summed E-state index contributed by atoms with van der Waals surface area (Å²) in [5.41, 5.74) is 3.15. The van der Waals surface area contributed by atoms with Gasteiger partial charge in [-0.15, -0.1) is 0 Å². The molecule has 3 aromatic carbocycles. The number of alkyl halides is 1. The van der Waals surface area contributed by atoms with Gasteiger partial charge in [0, 0.05) is 33.7 Å². The maximum absolute atomic E-state index is 14.2. The largest absolute Gasteiger partial charge is 0.490 e. The number of nitrogens with one attached hydrogen (secondary N) is 2. The van der Waals surface area contributed by atoms with Gasteiger partial charge in [0.25, 0.3) is 0 Å². The van der Waals surface area contributed by atoms with Crippen molar-refractivity contribution in [2.75, 3.05) is 47.6 Å². The molecule has 0 radical (unpaired) electrons. The Balaban J connectivity index is 0.00000117. The second kappa shape index (κ2) is 8.52. The maximum atomic E-state index is 14.2. The zero-order valence-corrected chi connectivity index (χ0v) is 19.3. The van der Waals surface area contributed by atoms with Crippen molar-refractivity contribution in [1.29, 1.82) is 0 Å². The van der Waals surface area contributed by atoms with E-state index in [0.29, 0.717) is 32.7 Å². The van der Waals surface area contributed by atoms with Crippen LogP contribution in [0.1, 0.15) is 0 Å². The van der Waals surface area contributed by atoms with Gasteiger partial charge in [0.05, 0.1) is 48.8 Å². The van der Waals surface area contributed by atoms with E-state index in [1.165, 1.54) is 24.3 Å². The van der Waals surface area contributed by atoms with Crippen molar-refractivity contribution in [2.45, 2.75) is 0 Å². The molecule has 1 saturated heterocycles. The molecule has 178 valence electrons. The van der Waals surface area contributed by atoms with Crippen molar-refractivity contribution in [2.24, 2.45) is 5.41 Å². The molecule has 3 heterocycles. The highest BCUT2D eigenvalue weighted by molar-refractivity contribution is 6.21. The van der Waals surface area contributed by atoms with E-state index in [0.717, 1.165) is 50.2 Å². The fourth-order valence-corrected chi connectivity index (χ4v) is 4.97. The Bertz CT molecular complexity index is 1500. The first-order valence-electron chi connectivity index (χ1n) is 11.0. The molecule has 0 saturated carbocycles. The molecule has 0 spiro atoms. The fraction of sp³-hybridized carbons (Fsp3) is 0.308. The standard InChI is InChI=1S/C25H23F2N3O2.CH3F/c1-30(2)10-25(11-31-12-25)13-32-24-22-18-8-15(27)4-6-20(18)28-21(22)9-17-16-7-14(26)3-5-19(16)29-23(17)24;1-2/h3-9,28-29H,10-13H2,1-2H3;1H3. The Hall–Kier alpha value is -3.23. The molecule has 1 aliphatic rings. The normalized spacial score (nSPS) is 15.1. The van der Waals surface area contributed by atoms with Gasteiger partial charge in [-0.1, -0.05) is 0 Å². The Morgan fingerprint density at radius 2 is 1.53 bits per heavy atom. The lowest BCUT2D eigenvalue weighted by Crippen LogP contribution is -2.53. The minimum atomic E-state index is -0.306. The molecular weight excluding hydrogens is 443 g/mol. The number of ether oxygens (including phenoxy) is 2. The van der Waals surface area contributed by atoms with E-state index in [-0.39, 0.29) is 17.0 Å². The van der Waals surface area contributed by atoms with Gasteiger partial charge in [-0.25, -0.2) is 8.78 Å². The third kappa shape index (κ3) is 3.67. The molecule has 5 aromatic rings. The Morgan fingerprint density at radius 1 is 0.882 bits per heavy atom. The molecule has 6 rings (SSSR count). The molecule has 1 fully saturated rings. The number of H-pyrrole nitrogens is 2. The molecule has 0 aliphatic carbocycles. The quantitative estimate of drug-likeness (QED) is 0.343. The second-order valence-electron chi connectivity index (χ2n) is 9.20. The Morgan fingerprint density at radius 3 is 2.15 bits per heavy atom. The minimum Gasteiger partial charge on any atom is -0.490 e. The van der Waals surface area contributed by atoms with Gasteiger partial charge in [-0.05, 0) is 56.6 Å². The molecule has 0 atom stereocenters. The summed E-state index contributed by atoms with van der Waals surface area (Å²) in [5, 5.41) is 3.22. The van der Waals surface area contributed by atoms with Crippen molar-refractivity contribution >= 4 is 43.6 Å². The van der Waals surface area contributed by atoms with Crippen LogP contribution in [0.25, 0.3) is 43.6 Å². The number of rotatable bonds is 5. The lowest BCUT2D eigenvalue weighted by atomic mass is 9.86. The van der Waals surface area contributed by atoms with Crippen LogP contribution in [0.2, 0.25) is 0 Å². The number of hydrogen-bond acceptors (Lipinski definition) is 3. The van der Waals surface area contributed by atoms with E-state index in [9.17, 15) is 13.2 Å². The molecule has 1 aliphatic heterocycles. The average Bonchev–Trinajstić information content (AvgIpc) is 3.33. The molecule has 5 nitrogen and oxygen atoms in total. The van der Waals surface area contributed by atoms with Crippen LogP contribution >= 0.6 is 0 Å². The zero-order valence-electron chi connectivity index (χ0n) is 19.3. The SMILES string of the molecule is CF.CN(C)CC1(COc2c3[nH]c4ccc(F)cc4c3cc3[nH]c4ccc(F)cc4c23)COC1. The number of benzene rings is 3. The lowest BCUT2D eigenvalue weighted by Gasteiger charge is -2.42. The van der Waals surface area contributed by atoms with Gasteiger partial charge in [-0.2, -0.15) is 0 Å². The second-order valence-corrected chi connectivity index (χ2v) is 9.20. The molecule has 2 N–H and O–H groups in total. The van der Waals surface area contributed by atoms with Gasteiger partial charge in [0.15, 0.2) is 5.75 Å². The van der Waals surface area contributed by atoms with Crippen LogP contribution in [0.3, 0.4) is 0 Å². The molecule has 34 heavy (non-hydrogen) atoms. The molecular formula is C26H26F3N3O2. The number of halogens is 3. The summed E-state index contributed by atoms with van der Waals surface area (Å²) >= 11 is 0. The first kappa shape index (κ1) is 22.6. The predicted molar refractivity (Wildman–Crippen MR) is 129 cm³/mol. The summed E-state index contributed by atoms with van der Waals surface area (Å²) in [5.74, 6) is 0.0480. The van der Waals surface area contributed by atoms with Crippen LogP contribution in [0, 0.1) is 17.0 Å². The summed E-state index contributed by atoms with van der Waals surface area (Å²) in [4.78, 5) is 8.92. The maximum Gasteiger partial charge on any atom is 0.153 e. The van der Waals surface area contributed by atoms with Gasteiger partial charge in [0.1, 0.15) is 11.6 Å². The summed E-state index contributed by atoms with van der Waals surface area (Å²) in [6.07, 6.45) is 0. The highest BCUT2D eigenvalue weighted by Gasteiger charge is 2.40. The first-order chi connectivity index (χ1) is 16.4. The van der Waals surface area contributed by atoms with Crippen LogP contribution in [0.15, 0.2) is 42.5 Å². The van der Waals surface area contributed by atoms with Gasteiger partial charge >= 0.3 is 0 Å². The summed E-state index contributed by atoms with van der Waals surface area (Å²) in [7, 11) is 4.57. The van der Waals surface area contributed by atoms with Crippen molar-refractivity contribution < 1.29 is 22.6 Å². The monoisotopic (exact) mass is 469 g/mol. The van der Waals surface area contributed by atoms with Crippen LogP contribution < -0.4 is 4.74 Å². The van der Waals surface area contributed by atoms with Crippen molar-refractivity contribution in [3.8, 4) is 5.75 Å². The van der Waals surface area contributed by atoms with Crippen LogP contribution in [0.4, 0.5) is 13.2 Å². The van der Waals surface area contributed by atoms with Crippen molar-refractivity contribution in [3.63, 3.8) is 0 Å². The summed E-state index contributed by atoms with van der Waals surface area (Å²) in [6, 6.07) is 11.4. The number of aromatic nitrogens is 2. The Kier molecular flexibility index (Phi) is 5.65. The topological polar surface area (TPSA) is 53.3 Å². The highest BCUT2D eigenvalue weighted by Crippen LogP contribution is 2.43.